The largest absolute Gasteiger partial charge is 1.00 e. The number of carbonyl (C=O) groups is 1. The van der Waals surface area contributed by atoms with Crippen molar-refractivity contribution in [1.82, 2.24) is 4.98 Å². The van der Waals surface area contributed by atoms with E-state index in [-0.39, 0.29) is 60.2 Å². The SMILES string of the molecule is CC(C)c1nc(C(C)C)c(CO)c(-c2ccc(F)cc2)c1C=CC(O)CC(O)CC(=O)[O-].[Na+]. The summed E-state index contributed by atoms with van der Waals surface area (Å²) in [6.45, 7) is 7.67. The van der Waals surface area contributed by atoms with Gasteiger partial charge in [-0.05, 0) is 35.1 Å². The number of aliphatic hydroxyl groups excluding tert-OH is 3. The number of aliphatic carboxylic acids is 1. The summed E-state index contributed by atoms with van der Waals surface area (Å²) in [6.07, 6.45) is 0.0497. The Morgan fingerprint density at radius 3 is 2.15 bits per heavy atom. The molecule has 1 heterocycles. The number of pyridine rings is 1. The van der Waals surface area contributed by atoms with E-state index in [1.165, 1.54) is 18.2 Å². The molecule has 0 aliphatic carbocycles. The fourth-order valence-corrected chi connectivity index (χ4v) is 3.71. The number of halogens is 1. The topological polar surface area (TPSA) is 114 Å². The van der Waals surface area contributed by atoms with Gasteiger partial charge in [-0.2, -0.15) is 0 Å². The molecule has 0 bridgehead atoms. The van der Waals surface area contributed by atoms with Crippen LogP contribution in [0.15, 0.2) is 30.3 Å². The number of carboxylic acids is 1. The summed E-state index contributed by atoms with van der Waals surface area (Å²) in [7, 11) is 0. The Kier molecular flexibility index (Phi) is 11.9. The molecule has 0 aliphatic rings. The Morgan fingerprint density at radius 1 is 1.09 bits per heavy atom. The molecule has 2 aromatic rings. The average Bonchev–Trinajstić information content (AvgIpc) is 2.70. The zero-order chi connectivity index (χ0) is 24.0. The van der Waals surface area contributed by atoms with Crippen LogP contribution in [0.1, 0.15) is 74.9 Å². The number of nitrogens with zero attached hydrogens (tertiary/aromatic N) is 1. The van der Waals surface area contributed by atoms with Crippen LogP contribution in [0.5, 0.6) is 0 Å². The van der Waals surface area contributed by atoms with Crippen molar-refractivity contribution in [1.29, 1.82) is 0 Å². The van der Waals surface area contributed by atoms with E-state index >= 15 is 0 Å². The standard InChI is InChI=1S/C25H32FNO5.Na/c1-14(2)24-20(10-9-18(29)11-19(30)12-22(31)32)23(16-5-7-17(26)8-6-16)21(13-28)25(27-24)15(3)4;/h5-10,14-15,18-19,28-30H,11-13H2,1-4H3,(H,31,32);/q;+1/p-1. The molecule has 0 amide bonds. The molecule has 3 N–H and O–H groups in total. The predicted molar refractivity (Wildman–Crippen MR) is 119 cm³/mol. The molecular formula is C25H31FNNaO5. The first-order valence-electron chi connectivity index (χ1n) is 10.7. The molecule has 8 heteroatoms. The second-order valence-corrected chi connectivity index (χ2v) is 8.52. The van der Waals surface area contributed by atoms with Gasteiger partial charge in [-0.1, -0.05) is 52.0 Å². The van der Waals surface area contributed by atoms with E-state index in [4.69, 9.17) is 4.98 Å². The third-order valence-corrected chi connectivity index (χ3v) is 5.18. The van der Waals surface area contributed by atoms with Gasteiger partial charge in [0, 0.05) is 35.6 Å². The fourth-order valence-electron chi connectivity index (χ4n) is 3.71. The molecule has 0 aliphatic heterocycles. The van der Waals surface area contributed by atoms with Gasteiger partial charge in [-0.25, -0.2) is 4.39 Å². The molecular weight excluding hydrogens is 436 g/mol. The number of rotatable bonds is 10. The molecule has 2 rings (SSSR count). The van der Waals surface area contributed by atoms with Gasteiger partial charge >= 0.3 is 29.6 Å². The van der Waals surface area contributed by atoms with Gasteiger partial charge in [0.1, 0.15) is 5.82 Å². The van der Waals surface area contributed by atoms with E-state index in [1.54, 1.807) is 18.2 Å². The number of carboxylic acid groups (broad SMARTS) is 1. The van der Waals surface area contributed by atoms with E-state index in [0.717, 1.165) is 11.4 Å². The Balaban J connectivity index is 0.00000544. The van der Waals surface area contributed by atoms with E-state index in [1.807, 2.05) is 27.7 Å². The maximum atomic E-state index is 13.6. The second kappa shape index (κ2) is 13.3. The number of hydrogen-bond donors (Lipinski definition) is 3. The number of hydrogen-bond acceptors (Lipinski definition) is 6. The van der Waals surface area contributed by atoms with E-state index in [0.29, 0.717) is 22.3 Å². The predicted octanol–water partition coefficient (Wildman–Crippen LogP) is -0.104. The fraction of sp³-hybridized carbons (Fsp3) is 0.440. The minimum atomic E-state index is -1.39. The Bertz CT molecular complexity index is 960. The first kappa shape index (κ1) is 29.4. The minimum absolute atomic E-state index is 0. The molecule has 0 radical (unpaired) electrons. The van der Waals surface area contributed by atoms with Crippen LogP contribution in [0.4, 0.5) is 4.39 Å². The molecule has 0 spiro atoms. The monoisotopic (exact) mass is 467 g/mol. The van der Waals surface area contributed by atoms with E-state index < -0.39 is 24.6 Å². The summed E-state index contributed by atoms with van der Waals surface area (Å²) in [4.78, 5) is 15.5. The van der Waals surface area contributed by atoms with Crippen molar-refractivity contribution in [3.8, 4) is 11.1 Å². The van der Waals surface area contributed by atoms with E-state index in [9.17, 15) is 29.6 Å². The van der Waals surface area contributed by atoms with Gasteiger partial charge in [-0.15, -0.1) is 0 Å². The summed E-state index contributed by atoms with van der Waals surface area (Å²) in [6, 6.07) is 5.96. The third-order valence-electron chi connectivity index (χ3n) is 5.18. The molecule has 1 aromatic carbocycles. The van der Waals surface area contributed by atoms with Gasteiger partial charge in [0.25, 0.3) is 0 Å². The van der Waals surface area contributed by atoms with Crippen LogP contribution >= 0.6 is 0 Å². The molecule has 6 nitrogen and oxygen atoms in total. The van der Waals surface area contributed by atoms with Crippen molar-refractivity contribution in [2.24, 2.45) is 0 Å². The second-order valence-electron chi connectivity index (χ2n) is 8.52. The van der Waals surface area contributed by atoms with Crippen molar-refractivity contribution in [3.63, 3.8) is 0 Å². The smallest absolute Gasteiger partial charge is 0.550 e. The van der Waals surface area contributed by atoms with Crippen LogP contribution in [-0.2, 0) is 11.4 Å². The van der Waals surface area contributed by atoms with Gasteiger partial charge in [0.15, 0.2) is 0 Å². The summed E-state index contributed by atoms with van der Waals surface area (Å²) < 4.78 is 13.6. The van der Waals surface area contributed by atoms with Crippen molar-refractivity contribution < 1.29 is 59.2 Å². The molecule has 33 heavy (non-hydrogen) atoms. The van der Waals surface area contributed by atoms with E-state index in [2.05, 4.69) is 0 Å². The molecule has 2 atom stereocenters. The molecule has 0 saturated heterocycles. The summed E-state index contributed by atoms with van der Waals surface area (Å²) in [5.74, 6) is -1.72. The van der Waals surface area contributed by atoms with Crippen LogP contribution in [0.25, 0.3) is 17.2 Å². The van der Waals surface area contributed by atoms with Crippen LogP contribution in [-0.4, -0.2) is 38.5 Å². The molecule has 0 fully saturated rings. The van der Waals surface area contributed by atoms with Gasteiger partial charge in [0.2, 0.25) is 0 Å². The van der Waals surface area contributed by atoms with Gasteiger partial charge in [-0.3, -0.25) is 4.98 Å². The van der Waals surface area contributed by atoms with Crippen LogP contribution in [0.3, 0.4) is 0 Å². The zero-order valence-corrected chi connectivity index (χ0v) is 21.9. The number of aliphatic hydroxyl groups is 3. The van der Waals surface area contributed by atoms with Crippen molar-refractivity contribution in [2.75, 3.05) is 0 Å². The molecule has 1 aromatic heterocycles. The Morgan fingerprint density at radius 2 is 1.67 bits per heavy atom. The molecule has 174 valence electrons. The number of carbonyl (C=O) groups excluding carboxylic acids is 1. The van der Waals surface area contributed by atoms with Crippen molar-refractivity contribution >= 4 is 12.0 Å². The van der Waals surface area contributed by atoms with Crippen molar-refractivity contribution in [2.45, 2.75) is 71.2 Å². The number of benzene rings is 1. The van der Waals surface area contributed by atoms with Crippen LogP contribution in [0, 0.1) is 5.82 Å². The summed E-state index contributed by atoms with van der Waals surface area (Å²) in [5, 5.41) is 40.9. The third kappa shape index (κ3) is 7.98. The zero-order valence-electron chi connectivity index (χ0n) is 19.9. The first-order valence-corrected chi connectivity index (χ1v) is 10.7. The van der Waals surface area contributed by atoms with Crippen molar-refractivity contribution in [3.05, 3.63) is 58.7 Å². The number of aromatic nitrogens is 1. The van der Waals surface area contributed by atoms with Gasteiger partial charge < -0.3 is 25.2 Å². The quantitative estimate of drug-likeness (QED) is 0.421. The normalized spacial score (nSPS) is 13.4. The molecule has 2 unspecified atom stereocenters. The summed E-state index contributed by atoms with van der Waals surface area (Å²) in [5.41, 5.74) is 4.21. The molecule has 0 saturated carbocycles. The van der Waals surface area contributed by atoms with Crippen LogP contribution in [0.2, 0.25) is 0 Å². The Labute approximate surface area is 216 Å². The average molecular weight is 468 g/mol. The minimum Gasteiger partial charge on any atom is -0.550 e. The maximum absolute atomic E-state index is 13.6. The maximum Gasteiger partial charge on any atom is 1.00 e. The van der Waals surface area contributed by atoms with Crippen LogP contribution < -0.4 is 34.7 Å². The first-order chi connectivity index (χ1) is 15.0. The summed E-state index contributed by atoms with van der Waals surface area (Å²) >= 11 is 0. The van der Waals surface area contributed by atoms with Gasteiger partial charge in [0.05, 0.1) is 24.5 Å². The Hall–Kier alpha value is -1.61.